The van der Waals surface area contributed by atoms with Crippen LogP contribution in [0.1, 0.15) is 31.4 Å². The van der Waals surface area contributed by atoms with Gasteiger partial charge in [-0.1, -0.05) is 31.2 Å². The third kappa shape index (κ3) is 6.97. The summed E-state index contributed by atoms with van der Waals surface area (Å²) in [5.74, 6) is -1.99. The summed E-state index contributed by atoms with van der Waals surface area (Å²) in [5, 5.41) is 8.81. The highest BCUT2D eigenvalue weighted by Crippen LogP contribution is 2.09. The lowest BCUT2D eigenvalue weighted by atomic mass is 9.96. The van der Waals surface area contributed by atoms with Crippen LogP contribution in [0.3, 0.4) is 0 Å². The Morgan fingerprint density at radius 3 is 2.39 bits per heavy atom. The number of rotatable bonds is 9. The monoisotopic (exact) mass is 318 g/mol. The average Bonchev–Trinajstić information content (AvgIpc) is 2.48. The van der Waals surface area contributed by atoms with E-state index in [1.54, 1.807) is 6.21 Å². The van der Waals surface area contributed by atoms with E-state index in [-0.39, 0.29) is 24.5 Å². The Morgan fingerprint density at radius 2 is 1.87 bits per heavy atom. The fraction of sp³-hybridized carbons (Fsp3) is 0.412. The van der Waals surface area contributed by atoms with Gasteiger partial charge < -0.3 is 10.8 Å². The number of carbonyl (C=O) groups excluding carboxylic acids is 2. The summed E-state index contributed by atoms with van der Waals surface area (Å²) < 4.78 is 0. The number of carboxylic acid groups (broad SMARTS) is 1. The van der Waals surface area contributed by atoms with Crippen molar-refractivity contribution in [2.75, 3.05) is 6.54 Å². The molecule has 0 amide bonds. The number of carboxylic acids is 1. The van der Waals surface area contributed by atoms with Crippen molar-refractivity contribution in [3.63, 3.8) is 0 Å². The first-order valence-electron chi connectivity index (χ1n) is 7.39. The molecule has 6 nitrogen and oxygen atoms in total. The van der Waals surface area contributed by atoms with Gasteiger partial charge in [0.25, 0.3) is 0 Å². The van der Waals surface area contributed by atoms with E-state index in [0.29, 0.717) is 6.42 Å². The highest BCUT2D eigenvalue weighted by molar-refractivity contribution is 5.88. The molecule has 0 radical (unpaired) electrons. The lowest BCUT2D eigenvalue weighted by molar-refractivity contribution is -0.143. The normalized spacial score (nSPS) is 13.7. The maximum Gasteiger partial charge on any atom is 0.306 e. The summed E-state index contributed by atoms with van der Waals surface area (Å²) in [7, 11) is 0. The molecule has 0 saturated carbocycles. The molecule has 0 fully saturated rings. The predicted molar refractivity (Wildman–Crippen MR) is 87.7 cm³/mol. The predicted octanol–water partition coefficient (Wildman–Crippen LogP) is 1.24. The van der Waals surface area contributed by atoms with Crippen molar-refractivity contribution >= 4 is 23.8 Å². The number of Topliss-reactive ketones (excluding diaryl/α,β-unsaturated/α-hetero) is 2. The molecule has 1 aromatic rings. The van der Waals surface area contributed by atoms with Crippen molar-refractivity contribution in [1.29, 1.82) is 0 Å². The molecular formula is C17H22N2O4. The summed E-state index contributed by atoms with van der Waals surface area (Å²) in [5.41, 5.74) is 7.59. The molecule has 0 heterocycles. The summed E-state index contributed by atoms with van der Waals surface area (Å²) in [6.07, 6.45) is 1.91. The molecule has 0 spiro atoms. The minimum Gasteiger partial charge on any atom is -0.481 e. The van der Waals surface area contributed by atoms with Crippen LogP contribution >= 0.6 is 0 Å². The second-order valence-electron chi connectivity index (χ2n) is 5.63. The van der Waals surface area contributed by atoms with Gasteiger partial charge in [0.05, 0.1) is 18.5 Å². The Kier molecular flexibility index (Phi) is 7.28. The van der Waals surface area contributed by atoms with E-state index in [9.17, 15) is 14.4 Å². The molecular weight excluding hydrogens is 296 g/mol. The van der Waals surface area contributed by atoms with Crippen LogP contribution < -0.4 is 5.73 Å². The smallest absolute Gasteiger partial charge is 0.306 e. The van der Waals surface area contributed by atoms with E-state index in [2.05, 4.69) is 4.99 Å². The quantitative estimate of drug-likeness (QED) is 0.666. The van der Waals surface area contributed by atoms with Gasteiger partial charge in [0.2, 0.25) is 0 Å². The molecule has 1 rings (SSSR count). The van der Waals surface area contributed by atoms with Crippen LogP contribution in [0.4, 0.5) is 0 Å². The molecule has 2 atom stereocenters. The van der Waals surface area contributed by atoms with E-state index in [4.69, 9.17) is 10.8 Å². The number of nitrogens with zero attached hydrogens (tertiary/aromatic N) is 1. The van der Waals surface area contributed by atoms with Crippen LogP contribution in [0.25, 0.3) is 0 Å². The Labute approximate surface area is 135 Å². The Balaban J connectivity index is 2.57. The van der Waals surface area contributed by atoms with E-state index >= 15 is 0 Å². The van der Waals surface area contributed by atoms with Crippen LogP contribution in [-0.2, 0) is 20.8 Å². The van der Waals surface area contributed by atoms with Gasteiger partial charge in [-0.25, -0.2) is 0 Å². The maximum atomic E-state index is 11.9. The second kappa shape index (κ2) is 8.95. The van der Waals surface area contributed by atoms with Gasteiger partial charge >= 0.3 is 5.97 Å². The molecule has 3 N–H and O–H groups in total. The SMILES string of the molecule is CC(=O)CN=Cc1ccc(CC(N)C(=O)CC(C)C(=O)O)cc1. The van der Waals surface area contributed by atoms with Crippen molar-refractivity contribution < 1.29 is 19.5 Å². The largest absolute Gasteiger partial charge is 0.481 e. The molecule has 0 saturated heterocycles. The topological polar surface area (TPSA) is 110 Å². The highest BCUT2D eigenvalue weighted by Gasteiger charge is 2.20. The van der Waals surface area contributed by atoms with Gasteiger partial charge in [-0.3, -0.25) is 19.4 Å². The van der Waals surface area contributed by atoms with Crippen molar-refractivity contribution in [2.24, 2.45) is 16.6 Å². The average molecular weight is 318 g/mol. The fourth-order valence-corrected chi connectivity index (χ4v) is 1.93. The molecule has 23 heavy (non-hydrogen) atoms. The van der Waals surface area contributed by atoms with Gasteiger partial charge in [0.15, 0.2) is 11.6 Å². The maximum absolute atomic E-state index is 11.9. The zero-order valence-electron chi connectivity index (χ0n) is 13.4. The molecule has 0 aliphatic carbocycles. The Bertz CT molecular complexity index is 593. The van der Waals surface area contributed by atoms with Gasteiger partial charge in [0, 0.05) is 12.6 Å². The van der Waals surface area contributed by atoms with Crippen molar-refractivity contribution in [1.82, 2.24) is 0 Å². The molecule has 0 aliphatic heterocycles. The van der Waals surface area contributed by atoms with Gasteiger partial charge in [-0.2, -0.15) is 0 Å². The highest BCUT2D eigenvalue weighted by atomic mass is 16.4. The number of ketones is 2. The Hall–Kier alpha value is -2.34. The number of nitrogens with two attached hydrogens (primary N) is 1. The first-order chi connectivity index (χ1) is 10.8. The van der Waals surface area contributed by atoms with Gasteiger partial charge in [-0.15, -0.1) is 0 Å². The lowest BCUT2D eigenvalue weighted by Gasteiger charge is -2.12. The van der Waals surface area contributed by atoms with Crippen LogP contribution in [-0.4, -0.2) is 41.4 Å². The number of carbonyl (C=O) groups is 3. The molecule has 0 aromatic heterocycles. The fourth-order valence-electron chi connectivity index (χ4n) is 1.93. The minimum absolute atomic E-state index is 0.00190. The number of hydrogen-bond donors (Lipinski definition) is 2. The zero-order chi connectivity index (χ0) is 17.4. The number of benzene rings is 1. The Morgan fingerprint density at radius 1 is 1.26 bits per heavy atom. The third-order valence-electron chi connectivity index (χ3n) is 3.33. The van der Waals surface area contributed by atoms with Crippen LogP contribution in [0.15, 0.2) is 29.3 Å². The molecule has 0 bridgehead atoms. The summed E-state index contributed by atoms with van der Waals surface area (Å²) in [6, 6.07) is 6.62. The summed E-state index contributed by atoms with van der Waals surface area (Å²) in [6.45, 7) is 3.12. The molecule has 6 heteroatoms. The van der Waals surface area contributed by atoms with Crippen molar-refractivity contribution in [3.8, 4) is 0 Å². The van der Waals surface area contributed by atoms with Gasteiger partial charge in [0.1, 0.15) is 0 Å². The molecule has 1 aromatic carbocycles. The lowest BCUT2D eigenvalue weighted by Crippen LogP contribution is -2.34. The van der Waals surface area contributed by atoms with E-state index < -0.39 is 17.9 Å². The second-order valence-corrected chi connectivity index (χ2v) is 5.63. The van der Waals surface area contributed by atoms with Crippen LogP contribution in [0.2, 0.25) is 0 Å². The molecule has 0 aliphatic rings. The van der Waals surface area contributed by atoms with E-state index in [1.807, 2.05) is 24.3 Å². The number of aliphatic carboxylic acids is 1. The first kappa shape index (κ1) is 18.7. The number of aliphatic imine (C=N–C) groups is 1. The first-order valence-corrected chi connectivity index (χ1v) is 7.39. The minimum atomic E-state index is -1.00. The van der Waals surface area contributed by atoms with Crippen LogP contribution in [0.5, 0.6) is 0 Å². The molecule has 124 valence electrons. The summed E-state index contributed by atoms with van der Waals surface area (Å²) >= 11 is 0. The van der Waals surface area contributed by atoms with E-state index in [0.717, 1.165) is 11.1 Å². The van der Waals surface area contributed by atoms with Gasteiger partial charge in [-0.05, 0) is 24.5 Å². The molecule has 2 unspecified atom stereocenters. The zero-order valence-corrected chi connectivity index (χ0v) is 13.4. The van der Waals surface area contributed by atoms with Crippen molar-refractivity contribution in [3.05, 3.63) is 35.4 Å². The standard InChI is InChI=1S/C17H22N2O4/c1-11(17(22)23)7-16(21)15(18)8-13-3-5-14(6-4-13)10-19-9-12(2)20/h3-6,10-11,15H,7-9,18H2,1-2H3,(H,22,23). The van der Waals surface area contributed by atoms with E-state index in [1.165, 1.54) is 13.8 Å². The van der Waals surface area contributed by atoms with Crippen molar-refractivity contribution in [2.45, 2.75) is 32.7 Å². The summed E-state index contributed by atoms with van der Waals surface area (Å²) in [4.78, 5) is 37.4. The third-order valence-corrected chi connectivity index (χ3v) is 3.33. The van der Waals surface area contributed by atoms with Crippen LogP contribution in [0, 0.1) is 5.92 Å². The number of hydrogen-bond acceptors (Lipinski definition) is 5.